The fraction of sp³-hybridized carbons (Fsp3) is 0.607. The van der Waals surface area contributed by atoms with Gasteiger partial charge in [0.2, 0.25) is 5.91 Å². The molecule has 2 heterocycles. The van der Waals surface area contributed by atoms with Gasteiger partial charge in [0.05, 0.1) is 23.9 Å². The Balaban J connectivity index is 1.32. The number of aromatic hydroxyl groups is 1. The van der Waals surface area contributed by atoms with Gasteiger partial charge in [0.1, 0.15) is 12.3 Å². The number of aryl methyl sites for hydroxylation is 2. The molecule has 0 bridgehead atoms. The molecule has 0 radical (unpaired) electrons. The number of carbonyl (C=O) groups is 3. The number of rotatable bonds is 10. The van der Waals surface area contributed by atoms with Crippen LogP contribution in [0.25, 0.3) is 0 Å². The maximum absolute atomic E-state index is 12.9. The van der Waals surface area contributed by atoms with Crippen LogP contribution in [0.15, 0.2) is 18.3 Å². The summed E-state index contributed by atoms with van der Waals surface area (Å²) in [4.78, 5) is 37.0. The molecule has 1 saturated carbocycles. The minimum absolute atomic E-state index is 0.0117. The molecule has 4 unspecified atom stereocenters. The van der Waals surface area contributed by atoms with Crippen LogP contribution in [0.4, 0.5) is 0 Å². The smallest absolute Gasteiger partial charge is 0.332 e. The third-order valence-corrected chi connectivity index (χ3v) is 7.79. The van der Waals surface area contributed by atoms with Crippen molar-refractivity contribution < 1.29 is 34.4 Å². The lowest BCUT2D eigenvalue weighted by molar-refractivity contribution is -0.163. The molecule has 1 aliphatic heterocycles. The predicted octanol–water partition coefficient (Wildman–Crippen LogP) is 1.95. The molecule has 2 aromatic rings. The number of carboxylic acid groups (broad SMARTS) is 1. The van der Waals surface area contributed by atoms with Gasteiger partial charge in [-0.25, -0.2) is 9.48 Å². The first-order valence-corrected chi connectivity index (χ1v) is 13.9. The number of carbonyl (C=O) groups excluding carboxylic acids is 2. The summed E-state index contributed by atoms with van der Waals surface area (Å²) in [7, 11) is 0. The molecule has 40 heavy (non-hydrogen) atoms. The number of benzene rings is 1. The Morgan fingerprint density at radius 3 is 2.48 bits per heavy atom. The second-order valence-corrected chi connectivity index (χ2v) is 11.0. The SMILES string of the molecule is Cc1cc(C(=O)NCC(O)CC2OC(C(=O)O)CCC2NC(=O)Cn2cc(C3CCCCC3)nn2)cc(C)c1O. The van der Waals surface area contributed by atoms with Gasteiger partial charge in [0.15, 0.2) is 6.10 Å². The van der Waals surface area contributed by atoms with Crippen LogP contribution in [0, 0.1) is 13.8 Å². The number of hydrogen-bond acceptors (Lipinski definition) is 8. The number of hydrogen-bond donors (Lipinski definition) is 5. The van der Waals surface area contributed by atoms with Crippen LogP contribution in [-0.2, 0) is 20.9 Å². The van der Waals surface area contributed by atoms with Crippen molar-refractivity contribution in [3.8, 4) is 5.75 Å². The van der Waals surface area contributed by atoms with E-state index in [-0.39, 0.29) is 37.6 Å². The van der Waals surface area contributed by atoms with Crippen molar-refractivity contribution in [2.24, 2.45) is 0 Å². The highest BCUT2D eigenvalue weighted by Gasteiger charge is 2.36. The van der Waals surface area contributed by atoms with Crippen molar-refractivity contribution in [1.29, 1.82) is 0 Å². The molecule has 0 spiro atoms. The number of aliphatic hydroxyl groups excluding tert-OH is 1. The van der Waals surface area contributed by atoms with E-state index in [1.807, 2.05) is 6.20 Å². The number of nitrogens with zero attached hydrogens (tertiary/aromatic N) is 3. The maximum Gasteiger partial charge on any atom is 0.332 e. The van der Waals surface area contributed by atoms with E-state index in [1.165, 1.54) is 23.9 Å². The van der Waals surface area contributed by atoms with Gasteiger partial charge in [-0.2, -0.15) is 0 Å². The lowest BCUT2D eigenvalue weighted by Crippen LogP contribution is -2.53. The van der Waals surface area contributed by atoms with Crippen molar-refractivity contribution in [3.63, 3.8) is 0 Å². The topological polar surface area (TPSA) is 176 Å². The number of aromatic nitrogens is 3. The standard InChI is InChI=1S/C28H39N5O7/c1-16-10-19(11-17(2)26(16)36)27(37)29-13-20(34)12-24-21(8-9-23(40-24)28(38)39)30-25(35)15-33-14-22(31-32-33)18-6-4-3-5-7-18/h10-11,14,18,20-21,23-24,34,36H,3-9,12-13,15H2,1-2H3,(H,29,37)(H,30,35)(H,38,39). The fourth-order valence-electron chi connectivity index (χ4n) is 5.58. The van der Waals surface area contributed by atoms with Gasteiger partial charge in [-0.1, -0.05) is 24.5 Å². The maximum atomic E-state index is 12.9. The van der Waals surface area contributed by atoms with Crippen LogP contribution in [-0.4, -0.2) is 79.0 Å². The molecule has 2 aliphatic rings. The molecule has 1 aromatic heterocycles. The highest BCUT2D eigenvalue weighted by atomic mass is 16.5. The summed E-state index contributed by atoms with van der Waals surface area (Å²) in [5.41, 5.74) is 2.38. The van der Waals surface area contributed by atoms with E-state index in [2.05, 4.69) is 20.9 Å². The third kappa shape index (κ3) is 7.57. The zero-order valence-corrected chi connectivity index (χ0v) is 23.0. The van der Waals surface area contributed by atoms with E-state index in [1.54, 1.807) is 26.0 Å². The van der Waals surface area contributed by atoms with E-state index in [0.29, 0.717) is 29.0 Å². The van der Waals surface area contributed by atoms with Crippen LogP contribution in [0.3, 0.4) is 0 Å². The number of aliphatic carboxylic acids is 1. The summed E-state index contributed by atoms with van der Waals surface area (Å²) in [5.74, 6) is -1.33. The Morgan fingerprint density at radius 1 is 1.10 bits per heavy atom. The van der Waals surface area contributed by atoms with Crippen molar-refractivity contribution in [1.82, 2.24) is 25.6 Å². The molecular weight excluding hydrogens is 518 g/mol. The molecule has 12 nitrogen and oxygen atoms in total. The summed E-state index contributed by atoms with van der Waals surface area (Å²) in [6.45, 7) is 3.26. The summed E-state index contributed by atoms with van der Waals surface area (Å²) in [5, 5.41) is 44.0. The predicted molar refractivity (Wildman–Crippen MR) is 144 cm³/mol. The van der Waals surface area contributed by atoms with Crippen LogP contribution in [0.2, 0.25) is 0 Å². The van der Waals surface area contributed by atoms with Gasteiger partial charge in [-0.3, -0.25) is 9.59 Å². The van der Waals surface area contributed by atoms with E-state index in [4.69, 9.17) is 4.74 Å². The van der Waals surface area contributed by atoms with Gasteiger partial charge in [-0.05, 0) is 62.8 Å². The number of amides is 2. The van der Waals surface area contributed by atoms with Gasteiger partial charge in [0.25, 0.3) is 5.91 Å². The van der Waals surface area contributed by atoms with Crippen LogP contribution >= 0.6 is 0 Å². The first kappa shape index (κ1) is 29.5. The molecule has 4 atom stereocenters. The molecule has 12 heteroatoms. The second kappa shape index (κ2) is 13.2. The lowest BCUT2D eigenvalue weighted by atomic mass is 9.87. The summed E-state index contributed by atoms with van der Waals surface area (Å²) < 4.78 is 7.26. The average Bonchev–Trinajstić information content (AvgIpc) is 3.39. The molecule has 218 valence electrons. The van der Waals surface area contributed by atoms with E-state index >= 15 is 0 Å². The normalized spacial score (nSPS) is 22.4. The Kier molecular flexibility index (Phi) is 9.75. The van der Waals surface area contributed by atoms with Crippen LogP contribution in [0.1, 0.15) is 84.5 Å². The molecule has 1 saturated heterocycles. The van der Waals surface area contributed by atoms with E-state index < -0.39 is 36.2 Å². The largest absolute Gasteiger partial charge is 0.507 e. The third-order valence-electron chi connectivity index (χ3n) is 7.79. The Labute approximate surface area is 233 Å². The number of phenols is 1. The first-order chi connectivity index (χ1) is 19.1. The van der Waals surface area contributed by atoms with Crippen molar-refractivity contribution >= 4 is 17.8 Å². The Morgan fingerprint density at radius 2 is 1.80 bits per heavy atom. The molecule has 2 amide bonds. The monoisotopic (exact) mass is 557 g/mol. The molecule has 2 fully saturated rings. The van der Waals surface area contributed by atoms with Gasteiger partial charge >= 0.3 is 5.97 Å². The fourth-order valence-corrected chi connectivity index (χ4v) is 5.58. The lowest BCUT2D eigenvalue weighted by Gasteiger charge is -2.36. The minimum atomic E-state index is -1.10. The molecule has 4 rings (SSSR count). The molecule has 1 aromatic carbocycles. The van der Waals surface area contributed by atoms with Gasteiger partial charge in [0, 0.05) is 30.6 Å². The highest BCUT2D eigenvalue weighted by molar-refractivity contribution is 5.94. The van der Waals surface area contributed by atoms with Crippen LogP contribution in [0.5, 0.6) is 5.75 Å². The minimum Gasteiger partial charge on any atom is -0.507 e. The number of ether oxygens (including phenoxy) is 1. The number of nitrogens with one attached hydrogen (secondary N) is 2. The van der Waals surface area contributed by atoms with Gasteiger partial charge in [-0.15, -0.1) is 5.10 Å². The summed E-state index contributed by atoms with van der Waals surface area (Å²) in [6.07, 6.45) is 5.28. The summed E-state index contributed by atoms with van der Waals surface area (Å²) >= 11 is 0. The second-order valence-electron chi connectivity index (χ2n) is 11.0. The van der Waals surface area contributed by atoms with Crippen molar-refractivity contribution in [3.05, 3.63) is 40.7 Å². The van der Waals surface area contributed by atoms with Gasteiger partial charge < -0.3 is 30.7 Å². The Hall–Kier alpha value is -3.51. The van der Waals surface area contributed by atoms with Crippen LogP contribution < -0.4 is 10.6 Å². The summed E-state index contributed by atoms with van der Waals surface area (Å²) in [6, 6.07) is 2.60. The number of phenolic OH excluding ortho intramolecular Hbond substituents is 1. The van der Waals surface area contributed by atoms with Crippen molar-refractivity contribution in [2.45, 2.75) is 102 Å². The molecular formula is C28H39N5O7. The van der Waals surface area contributed by atoms with Crippen molar-refractivity contribution in [2.75, 3.05) is 6.54 Å². The molecule has 1 aliphatic carbocycles. The molecule has 5 N–H and O–H groups in total. The average molecular weight is 558 g/mol. The Bertz CT molecular complexity index is 1190. The zero-order chi connectivity index (χ0) is 28.8. The van der Waals surface area contributed by atoms with E-state index in [9.17, 15) is 29.7 Å². The number of aliphatic hydroxyl groups is 1. The first-order valence-electron chi connectivity index (χ1n) is 13.9. The van der Waals surface area contributed by atoms with E-state index in [0.717, 1.165) is 18.5 Å². The zero-order valence-electron chi connectivity index (χ0n) is 23.0. The highest BCUT2D eigenvalue weighted by Crippen LogP contribution is 2.31. The quantitative estimate of drug-likeness (QED) is 0.292. The number of carboxylic acids is 1.